The van der Waals surface area contributed by atoms with Gasteiger partial charge in [0, 0.05) is 5.56 Å². The van der Waals surface area contributed by atoms with Gasteiger partial charge in [0.05, 0.1) is 6.33 Å². The zero-order chi connectivity index (χ0) is 23.1. The van der Waals surface area contributed by atoms with Crippen molar-refractivity contribution in [2.24, 2.45) is 22.7 Å². The highest BCUT2D eigenvalue weighted by Crippen LogP contribution is 2.61. The Morgan fingerprint density at radius 2 is 2.00 bits per heavy atom. The van der Waals surface area contributed by atoms with Gasteiger partial charge in [-0.15, -0.1) is 0 Å². The van der Waals surface area contributed by atoms with Gasteiger partial charge in [-0.05, 0) is 67.8 Å². The number of aromatic nitrogens is 5. The lowest BCUT2D eigenvalue weighted by Crippen LogP contribution is -2.51. The Hall–Kier alpha value is -3.09. The van der Waals surface area contributed by atoms with Gasteiger partial charge in [-0.25, -0.2) is 15.0 Å². The summed E-state index contributed by atoms with van der Waals surface area (Å²) in [7, 11) is 0. The maximum Gasteiger partial charge on any atom is 0.208 e. The number of nitrogens with zero attached hydrogens (tertiary/aromatic N) is 4. The largest absolute Gasteiger partial charge is 0.329 e. The van der Waals surface area contributed by atoms with Gasteiger partial charge in [0.15, 0.2) is 11.3 Å². The number of fused-ring (bicyclic) bond motifs is 3. The molecule has 0 saturated heterocycles. The quantitative estimate of drug-likeness (QED) is 0.369. The topological polar surface area (TPSA) is 93.0 Å². The highest BCUT2D eigenvalue weighted by Gasteiger charge is 2.53. The number of hydrogen-bond donors (Lipinski definition) is 1. The molecule has 4 aromatic rings. The van der Waals surface area contributed by atoms with Crippen LogP contribution in [0, 0.1) is 22.7 Å². The molecule has 7 nitrogen and oxygen atoms in total. The molecule has 170 valence electrons. The van der Waals surface area contributed by atoms with Crippen LogP contribution in [-0.2, 0) is 6.42 Å². The number of nitrogens with one attached hydrogen (secondary N) is 1. The molecule has 7 heteroatoms. The molecule has 0 bridgehead atoms. The molecule has 3 heterocycles. The number of H-pyrrole nitrogens is 1. The molecule has 0 aliphatic heterocycles. The Kier molecular flexibility index (Phi) is 4.17. The second-order valence-electron chi connectivity index (χ2n) is 10.8. The van der Waals surface area contributed by atoms with Crippen molar-refractivity contribution in [3.05, 3.63) is 56.4 Å². The molecular formula is C26H29N5O2. The molecule has 2 aliphatic rings. The van der Waals surface area contributed by atoms with Crippen molar-refractivity contribution in [3.8, 4) is 0 Å². The average molecular weight is 444 g/mol. The van der Waals surface area contributed by atoms with Gasteiger partial charge in [-0.3, -0.25) is 14.0 Å². The molecule has 4 atom stereocenters. The lowest BCUT2D eigenvalue weighted by molar-refractivity contribution is -0.0410. The molecule has 0 radical (unpaired) electrons. The van der Waals surface area contributed by atoms with E-state index in [4.69, 9.17) is 0 Å². The summed E-state index contributed by atoms with van der Waals surface area (Å²) in [5.41, 5.74) is 3.96. The van der Waals surface area contributed by atoms with E-state index in [1.54, 1.807) is 16.8 Å². The van der Waals surface area contributed by atoms with Gasteiger partial charge < -0.3 is 4.98 Å². The predicted octanol–water partition coefficient (Wildman–Crippen LogP) is 4.26. The van der Waals surface area contributed by atoms with E-state index in [2.05, 4.69) is 53.7 Å². The third-order valence-corrected chi connectivity index (χ3v) is 9.26. The number of imidazole rings is 1. The van der Waals surface area contributed by atoms with Crippen LogP contribution in [0.4, 0.5) is 0 Å². The zero-order valence-corrected chi connectivity index (χ0v) is 19.6. The fourth-order valence-corrected chi connectivity index (χ4v) is 6.99. The smallest absolute Gasteiger partial charge is 0.208 e. The number of aromatic amines is 1. The Labute approximate surface area is 191 Å². The maximum atomic E-state index is 13.9. The molecule has 1 saturated carbocycles. The molecule has 2 aliphatic carbocycles. The molecule has 0 unspecified atom stereocenters. The number of benzene rings is 1. The van der Waals surface area contributed by atoms with Crippen molar-refractivity contribution in [2.45, 2.75) is 59.8 Å². The molecular weight excluding hydrogens is 414 g/mol. The zero-order valence-electron chi connectivity index (χ0n) is 19.6. The summed E-state index contributed by atoms with van der Waals surface area (Å²) in [6.45, 7) is 9.33. The van der Waals surface area contributed by atoms with E-state index in [0.717, 1.165) is 19.3 Å². The summed E-state index contributed by atoms with van der Waals surface area (Å²) in [5.74, 6) is 0.949. The van der Waals surface area contributed by atoms with Crippen LogP contribution < -0.4 is 10.9 Å². The maximum absolute atomic E-state index is 13.9. The summed E-state index contributed by atoms with van der Waals surface area (Å²) in [6.07, 6.45) is 10.6. The number of rotatable bonds is 2. The first-order valence-corrected chi connectivity index (χ1v) is 11.9. The van der Waals surface area contributed by atoms with Crippen LogP contribution in [0.15, 0.2) is 40.0 Å². The summed E-state index contributed by atoms with van der Waals surface area (Å²) in [4.78, 5) is 43.1. The van der Waals surface area contributed by atoms with Gasteiger partial charge in [-0.2, -0.15) is 0 Å². The minimum Gasteiger partial charge on any atom is -0.329 e. The summed E-state index contributed by atoms with van der Waals surface area (Å²) >= 11 is 0. The van der Waals surface area contributed by atoms with Crippen molar-refractivity contribution in [3.63, 3.8) is 0 Å². The minimum atomic E-state index is -0.216. The second kappa shape index (κ2) is 6.72. The van der Waals surface area contributed by atoms with Gasteiger partial charge in [-0.1, -0.05) is 32.4 Å². The van der Waals surface area contributed by atoms with E-state index >= 15 is 0 Å². The molecule has 6 rings (SSSR count). The van der Waals surface area contributed by atoms with Crippen molar-refractivity contribution < 1.29 is 0 Å². The first-order valence-electron chi connectivity index (χ1n) is 11.9. The van der Waals surface area contributed by atoms with Crippen LogP contribution in [0.2, 0.25) is 0 Å². The Morgan fingerprint density at radius 3 is 2.82 bits per heavy atom. The Morgan fingerprint density at radius 1 is 1.18 bits per heavy atom. The van der Waals surface area contributed by atoms with E-state index < -0.39 is 0 Å². The highest BCUT2D eigenvalue weighted by atomic mass is 16.1. The predicted molar refractivity (Wildman–Crippen MR) is 129 cm³/mol. The van der Waals surface area contributed by atoms with Crippen LogP contribution in [-0.4, -0.2) is 24.3 Å². The van der Waals surface area contributed by atoms with Crippen molar-refractivity contribution in [2.75, 3.05) is 0 Å². The lowest BCUT2D eigenvalue weighted by Gasteiger charge is -2.58. The average Bonchev–Trinajstić information content (AvgIpc) is 3.22. The normalized spacial score (nSPS) is 30.1. The molecule has 0 spiro atoms. The fraction of sp³-hybridized carbons (Fsp3) is 0.500. The van der Waals surface area contributed by atoms with E-state index in [-0.39, 0.29) is 27.2 Å². The number of hydrogen-bond acceptors (Lipinski definition) is 5. The standard InChI is InChI=1S/C26H29N5O2/c1-14-6-5-7-18-25(14,3)9-8-15(2)26(18,4)11-16-10-17(32)19-20(22(16)33)31-13-29-23-21(31)24(30-19)28-12-27-23/h6,10,12-13,15,18H,5,7-9,11H2,1-4H3,(H,27,28,30)/t15-,18+,25+,26+/m0/s1. The summed E-state index contributed by atoms with van der Waals surface area (Å²) in [6, 6.07) is 1.54. The van der Waals surface area contributed by atoms with Crippen molar-refractivity contribution in [1.82, 2.24) is 24.3 Å². The van der Waals surface area contributed by atoms with E-state index in [1.165, 1.54) is 18.3 Å². The van der Waals surface area contributed by atoms with Crippen LogP contribution in [0.5, 0.6) is 0 Å². The molecule has 1 N–H and O–H groups in total. The fourth-order valence-electron chi connectivity index (χ4n) is 6.99. The van der Waals surface area contributed by atoms with Gasteiger partial charge in [0.25, 0.3) is 0 Å². The van der Waals surface area contributed by atoms with Crippen LogP contribution in [0.25, 0.3) is 27.8 Å². The first-order chi connectivity index (χ1) is 15.7. The molecule has 0 amide bonds. The SMILES string of the molecule is CC1=CCC[C@H]2[C@](C)(Cc3cc(=O)c4nc5[nH]cnc6ncn(c4c3=O)c65)[C@@H](C)CC[C@]12C. The summed E-state index contributed by atoms with van der Waals surface area (Å²) < 4.78 is 1.69. The van der Waals surface area contributed by atoms with E-state index in [1.807, 2.05) is 0 Å². The Bertz CT molecular complexity index is 1570. The monoisotopic (exact) mass is 443 g/mol. The van der Waals surface area contributed by atoms with Gasteiger partial charge in [0.2, 0.25) is 10.9 Å². The van der Waals surface area contributed by atoms with Crippen LogP contribution in [0.3, 0.4) is 0 Å². The summed E-state index contributed by atoms with van der Waals surface area (Å²) in [5, 5.41) is 0. The third kappa shape index (κ3) is 2.65. The molecule has 1 aromatic carbocycles. The van der Waals surface area contributed by atoms with E-state index in [9.17, 15) is 9.59 Å². The molecule has 33 heavy (non-hydrogen) atoms. The third-order valence-electron chi connectivity index (χ3n) is 9.26. The lowest BCUT2D eigenvalue weighted by atomic mass is 9.47. The first kappa shape index (κ1) is 20.5. The Balaban J connectivity index is 1.56. The highest BCUT2D eigenvalue weighted by molar-refractivity contribution is 5.93. The van der Waals surface area contributed by atoms with E-state index in [0.29, 0.717) is 46.1 Å². The second-order valence-corrected chi connectivity index (χ2v) is 10.8. The van der Waals surface area contributed by atoms with Gasteiger partial charge in [0.1, 0.15) is 22.9 Å². The van der Waals surface area contributed by atoms with Gasteiger partial charge >= 0.3 is 0 Å². The molecule has 1 fully saturated rings. The van der Waals surface area contributed by atoms with Crippen LogP contribution in [0.1, 0.15) is 58.9 Å². The molecule has 3 aromatic heterocycles. The van der Waals surface area contributed by atoms with Crippen LogP contribution >= 0.6 is 0 Å². The minimum absolute atomic E-state index is 0.0638. The van der Waals surface area contributed by atoms with Crippen molar-refractivity contribution >= 4 is 27.8 Å². The van der Waals surface area contributed by atoms with Crippen molar-refractivity contribution in [1.29, 1.82) is 0 Å². The number of allylic oxidation sites excluding steroid dienone is 2.